The molecule has 2 unspecified atom stereocenters. The Hall–Kier alpha value is -4.14. The number of carbonyl (C=O) groups excluding carboxylic acids is 2. The Balaban J connectivity index is 1.37. The van der Waals surface area contributed by atoms with E-state index in [1.54, 1.807) is 23.9 Å². The van der Waals surface area contributed by atoms with Gasteiger partial charge >= 0.3 is 0 Å². The summed E-state index contributed by atoms with van der Waals surface area (Å²) in [5.41, 5.74) is 2.28. The van der Waals surface area contributed by atoms with Gasteiger partial charge in [0, 0.05) is 6.54 Å². The third kappa shape index (κ3) is 4.77. The number of benzene rings is 2. The van der Waals surface area contributed by atoms with E-state index in [1.807, 2.05) is 42.5 Å². The molecular weight excluding hydrogens is 410 g/mol. The number of nitrogens with one attached hydrogen (secondary N) is 2. The fourth-order valence-corrected chi connectivity index (χ4v) is 3.26. The van der Waals surface area contributed by atoms with Crippen molar-refractivity contribution in [3.63, 3.8) is 0 Å². The highest BCUT2D eigenvalue weighted by molar-refractivity contribution is 5.86. The molecule has 1 aliphatic heterocycles. The van der Waals surface area contributed by atoms with Crippen LogP contribution in [0.1, 0.15) is 18.2 Å². The van der Waals surface area contributed by atoms with Crippen molar-refractivity contribution in [3.05, 3.63) is 78.6 Å². The van der Waals surface area contributed by atoms with Gasteiger partial charge in [0.05, 0.1) is 18.4 Å². The molecule has 0 fully saturated rings. The predicted octanol–water partition coefficient (Wildman–Crippen LogP) is 1.91. The maximum absolute atomic E-state index is 12.7. The molecular formula is C23H23N5O4. The Morgan fingerprint density at radius 3 is 2.66 bits per heavy atom. The lowest BCUT2D eigenvalue weighted by molar-refractivity contribution is -0.133. The number of carbonyl (C=O) groups is 2. The number of para-hydroxylation sites is 2. The van der Waals surface area contributed by atoms with Gasteiger partial charge in [0.15, 0.2) is 11.5 Å². The van der Waals surface area contributed by atoms with Crippen LogP contribution in [-0.4, -0.2) is 39.0 Å². The summed E-state index contributed by atoms with van der Waals surface area (Å²) >= 11 is 0. The van der Waals surface area contributed by atoms with Crippen molar-refractivity contribution < 1.29 is 19.1 Å². The molecule has 2 amide bonds. The normalized spacial score (nSPS) is 16.8. The number of ether oxygens (including phenoxy) is 2. The van der Waals surface area contributed by atoms with Crippen LogP contribution in [0.2, 0.25) is 0 Å². The van der Waals surface area contributed by atoms with Gasteiger partial charge < -0.3 is 20.1 Å². The second kappa shape index (κ2) is 9.34. The minimum Gasteiger partial charge on any atom is -0.482 e. The molecule has 2 atom stereocenters. The van der Waals surface area contributed by atoms with E-state index in [-0.39, 0.29) is 18.4 Å². The molecule has 1 aliphatic rings. The highest BCUT2D eigenvalue weighted by atomic mass is 16.6. The first-order valence-electron chi connectivity index (χ1n) is 10.1. The summed E-state index contributed by atoms with van der Waals surface area (Å²) < 4.78 is 13.3. The zero-order chi connectivity index (χ0) is 22.5. The molecule has 0 aliphatic carbocycles. The van der Waals surface area contributed by atoms with Crippen LogP contribution in [0.5, 0.6) is 11.5 Å². The summed E-state index contributed by atoms with van der Waals surface area (Å²) in [5.74, 6) is 0.660. The highest BCUT2D eigenvalue weighted by Crippen LogP contribution is 2.33. The lowest BCUT2D eigenvalue weighted by atomic mass is 10.1. The zero-order valence-electron chi connectivity index (χ0n) is 17.5. The Kier molecular flexibility index (Phi) is 6.16. The van der Waals surface area contributed by atoms with Crippen molar-refractivity contribution >= 4 is 11.8 Å². The number of fused-ring (bicyclic) bond motifs is 1. The molecule has 0 spiro atoms. The number of amides is 2. The van der Waals surface area contributed by atoms with E-state index in [9.17, 15) is 9.59 Å². The summed E-state index contributed by atoms with van der Waals surface area (Å²) in [6.07, 6.45) is 1.78. The summed E-state index contributed by atoms with van der Waals surface area (Å²) in [4.78, 5) is 24.0. The monoisotopic (exact) mass is 433 g/mol. The molecule has 1 aromatic heterocycles. The smallest absolute Gasteiger partial charge is 0.265 e. The van der Waals surface area contributed by atoms with E-state index >= 15 is 0 Å². The molecule has 2 aromatic carbocycles. The van der Waals surface area contributed by atoms with Crippen LogP contribution in [0.15, 0.2) is 67.4 Å². The molecule has 9 nitrogen and oxygen atoms in total. The van der Waals surface area contributed by atoms with E-state index in [1.165, 1.54) is 6.08 Å². The van der Waals surface area contributed by atoms with Gasteiger partial charge in [-0.1, -0.05) is 36.1 Å². The third-order valence-corrected chi connectivity index (χ3v) is 4.91. The van der Waals surface area contributed by atoms with Crippen LogP contribution >= 0.6 is 0 Å². The van der Waals surface area contributed by atoms with E-state index in [0.717, 1.165) is 11.3 Å². The first kappa shape index (κ1) is 21.1. The fraction of sp³-hybridized carbons (Fsp3) is 0.217. The molecule has 32 heavy (non-hydrogen) atoms. The Labute approximate surface area is 185 Å². The van der Waals surface area contributed by atoms with Crippen LogP contribution in [0, 0.1) is 0 Å². The number of aromatic nitrogens is 3. The minimum absolute atomic E-state index is 0.251. The second-order valence-electron chi connectivity index (χ2n) is 7.27. The van der Waals surface area contributed by atoms with Gasteiger partial charge in [0.25, 0.3) is 5.91 Å². The summed E-state index contributed by atoms with van der Waals surface area (Å²) in [6.45, 7) is 5.79. The van der Waals surface area contributed by atoms with Crippen molar-refractivity contribution in [3.8, 4) is 17.2 Å². The van der Waals surface area contributed by atoms with Crippen molar-refractivity contribution in [1.82, 2.24) is 25.6 Å². The van der Waals surface area contributed by atoms with Crippen LogP contribution in [0.4, 0.5) is 0 Å². The third-order valence-electron chi connectivity index (χ3n) is 4.91. The Morgan fingerprint density at radius 1 is 1.09 bits per heavy atom. The standard InChI is InChI=1S/C23H23N5O4/c1-3-21(29)24-13-17-14-28(27-26-17)18-8-6-7-16(11-18)12-25-23(30)22-15(2)31-19-9-4-5-10-20(19)32-22/h3-11,14-15,22H,1,12-13H2,2H3,(H,24,29)(H,25,30). The number of hydrogen-bond donors (Lipinski definition) is 2. The summed E-state index contributed by atoms with van der Waals surface area (Å²) in [5, 5.41) is 13.7. The van der Waals surface area contributed by atoms with Gasteiger partial charge in [-0.15, -0.1) is 5.10 Å². The molecule has 0 saturated carbocycles. The van der Waals surface area contributed by atoms with Gasteiger partial charge in [-0.2, -0.15) is 0 Å². The molecule has 4 rings (SSSR count). The van der Waals surface area contributed by atoms with Crippen molar-refractivity contribution in [1.29, 1.82) is 0 Å². The molecule has 0 saturated heterocycles. The quantitative estimate of drug-likeness (QED) is 0.551. The van der Waals surface area contributed by atoms with Crippen LogP contribution in [0.25, 0.3) is 5.69 Å². The average Bonchev–Trinajstić information content (AvgIpc) is 3.30. The highest BCUT2D eigenvalue weighted by Gasteiger charge is 2.33. The summed E-state index contributed by atoms with van der Waals surface area (Å²) in [7, 11) is 0. The number of nitrogens with zero attached hydrogens (tertiary/aromatic N) is 3. The van der Waals surface area contributed by atoms with Gasteiger partial charge in [-0.25, -0.2) is 4.68 Å². The largest absolute Gasteiger partial charge is 0.482 e. The maximum atomic E-state index is 12.7. The number of rotatable bonds is 7. The lowest BCUT2D eigenvalue weighted by Gasteiger charge is -2.31. The van der Waals surface area contributed by atoms with Crippen LogP contribution < -0.4 is 20.1 Å². The molecule has 0 radical (unpaired) electrons. The van der Waals surface area contributed by atoms with E-state index < -0.39 is 12.2 Å². The van der Waals surface area contributed by atoms with E-state index in [2.05, 4.69) is 27.5 Å². The molecule has 164 valence electrons. The van der Waals surface area contributed by atoms with E-state index in [0.29, 0.717) is 23.7 Å². The van der Waals surface area contributed by atoms with Crippen molar-refractivity contribution in [2.75, 3.05) is 0 Å². The zero-order valence-corrected chi connectivity index (χ0v) is 17.5. The molecule has 2 N–H and O–H groups in total. The fourth-order valence-electron chi connectivity index (χ4n) is 3.26. The van der Waals surface area contributed by atoms with Gasteiger partial charge in [-0.3, -0.25) is 9.59 Å². The summed E-state index contributed by atoms with van der Waals surface area (Å²) in [6, 6.07) is 14.8. The maximum Gasteiger partial charge on any atom is 0.265 e. The first-order chi connectivity index (χ1) is 15.5. The second-order valence-corrected chi connectivity index (χ2v) is 7.27. The average molecular weight is 433 g/mol. The van der Waals surface area contributed by atoms with Gasteiger partial charge in [-0.05, 0) is 42.8 Å². The van der Waals surface area contributed by atoms with Crippen LogP contribution in [0.3, 0.4) is 0 Å². The molecule has 0 bridgehead atoms. The van der Waals surface area contributed by atoms with Crippen molar-refractivity contribution in [2.45, 2.75) is 32.2 Å². The number of hydrogen-bond acceptors (Lipinski definition) is 6. The lowest BCUT2D eigenvalue weighted by Crippen LogP contribution is -2.48. The topological polar surface area (TPSA) is 107 Å². The molecule has 3 aromatic rings. The molecule has 9 heteroatoms. The first-order valence-corrected chi connectivity index (χ1v) is 10.1. The van der Waals surface area contributed by atoms with E-state index in [4.69, 9.17) is 9.47 Å². The predicted molar refractivity (Wildman–Crippen MR) is 116 cm³/mol. The van der Waals surface area contributed by atoms with Gasteiger partial charge in [0.1, 0.15) is 11.8 Å². The van der Waals surface area contributed by atoms with Crippen molar-refractivity contribution in [2.24, 2.45) is 0 Å². The van der Waals surface area contributed by atoms with Gasteiger partial charge in [0.2, 0.25) is 12.0 Å². The SMILES string of the molecule is C=CC(=O)NCc1cn(-c2cccc(CNC(=O)C3Oc4ccccc4OC3C)c2)nn1. The minimum atomic E-state index is -0.739. The Bertz CT molecular complexity index is 1140. The molecule has 2 heterocycles. The van der Waals surface area contributed by atoms with Crippen LogP contribution in [-0.2, 0) is 22.7 Å². The Morgan fingerprint density at radius 2 is 1.88 bits per heavy atom.